The largest absolute Gasteiger partial charge is 0.334 e. The molecule has 1 aromatic rings. The Morgan fingerprint density at radius 3 is 2.74 bits per heavy atom. The standard InChI is InChI=1S/C12H22BrN3O2S/c1-3-9-16-10-12(15-11(16)2)19(17,18)14-8-6-4-5-7-13/h10,14H,3-9H2,1-2H3. The minimum absolute atomic E-state index is 0.124. The average molecular weight is 352 g/mol. The zero-order valence-electron chi connectivity index (χ0n) is 11.5. The van der Waals surface area contributed by atoms with Crippen molar-refractivity contribution in [1.29, 1.82) is 0 Å². The van der Waals surface area contributed by atoms with Gasteiger partial charge in [-0.1, -0.05) is 29.3 Å². The van der Waals surface area contributed by atoms with Gasteiger partial charge in [0.15, 0.2) is 5.03 Å². The van der Waals surface area contributed by atoms with Crippen molar-refractivity contribution >= 4 is 26.0 Å². The van der Waals surface area contributed by atoms with E-state index < -0.39 is 10.0 Å². The summed E-state index contributed by atoms with van der Waals surface area (Å²) < 4.78 is 28.5. The van der Waals surface area contributed by atoms with E-state index in [0.29, 0.717) is 6.54 Å². The number of hydrogen-bond donors (Lipinski definition) is 1. The van der Waals surface area contributed by atoms with Crippen LogP contribution >= 0.6 is 15.9 Å². The summed E-state index contributed by atoms with van der Waals surface area (Å²) in [6.45, 7) is 5.13. The average Bonchev–Trinajstić information content (AvgIpc) is 2.72. The first-order valence-electron chi connectivity index (χ1n) is 6.60. The number of aryl methyl sites for hydroxylation is 2. The summed E-state index contributed by atoms with van der Waals surface area (Å²) in [7, 11) is -3.46. The predicted molar refractivity (Wildman–Crippen MR) is 80.1 cm³/mol. The molecule has 0 aliphatic rings. The molecule has 0 aromatic carbocycles. The molecule has 0 amide bonds. The van der Waals surface area contributed by atoms with E-state index in [0.717, 1.165) is 43.4 Å². The lowest BCUT2D eigenvalue weighted by Gasteiger charge is -2.03. The van der Waals surface area contributed by atoms with E-state index in [1.807, 2.05) is 11.5 Å². The number of imidazole rings is 1. The van der Waals surface area contributed by atoms with Crippen molar-refractivity contribution in [3.05, 3.63) is 12.0 Å². The highest BCUT2D eigenvalue weighted by molar-refractivity contribution is 9.09. The molecule has 19 heavy (non-hydrogen) atoms. The number of unbranched alkanes of at least 4 members (excludes halogenated alkanes) is 2. The van der Waals surface area contributed by atoms with Crippen molar-refractivity contribution < 1.29 is 8.42 Å². The van der Waals surface area contributed by atoms with Gasteiger partial charge < -0.3 is 4.57 Å². The molecular weight excluding hydrogens is 330 g/mol. The first-order valence-corrected chi connectivity index (χ1v) is 9.21. The number of nitrogens with one attached hydrogen (secondary N) is 1. The maximum atomic E-state index is 12.0. The van der Waals surface area contributed by atoms with E-state index >= 15 is 0 Å². The highest BCUT2D eigenvalue weighted by atomic mass is 79.9. The van der Waals surface area contributed by atoms with Crippen molar-refractivity contribution in [1.82, 2.24) is 14.3 Å². The molecule has 1 N–H and O–H groups in total. The van der Waals surface area contributed by atoms with E-state index in [-0.39, 0.29) is 5.03 Å². The number of aromatic nitrogens is 2. The molecule has 0 aliphatic carbocycles. The lowest BCUT2D eigenvalue weighted by atomic mass is 10.3. The fourth-order valence-electron chi connectivity index (χ4n) is 1.75. The van der Waals surface area contributed by atoms with Gasteiger partial charge in [-0.2, -0.15) is 0 Å². The Morgan fingerprint density at radius 1 is 1.37 bits per heavy atom. The molecule has 0 radical (unpaired) electrons. The van der Waals surface area contributed by atoms with Crippen molar-refractivity contribution in [2.75, 3.05) is 11.9 Å². The van der Waals surface area contributed by atoms with Crippen LogP contribution in [-0.4, -0.2) is 29.8 Å². The Morgan fingerprint density at radius 2 is 2.11 bits per heavy atom. The fourth-order valence-corrected chi connectivity index (χ4v) is 3.23. The smallest absolute Gasteiger partial charge is 0.259 e. The summed E-state index contributed by atoms with van der Waals surface area (Å²) in [5, 5.41) is 1.08. The van der Waals surface area contributed by atoms with E-state index in [4.69, 9.17) is 0 Å². The normalized spacial score (nSPS) is 11.9. The molecule has 0 fully saturated rings. The molecule has 0 saturated carbocycles. The molecule has 0 saturated heterocycles. The van der Waals surface area contributed by atoms with Gasteiger partial charge in [0.05, 0.1) is 0 Å². The summed E-state index contributed by atoms with van der Waals surface area (Å²) in [6, 6.07) is 0. The molecule has 110 valence electrons. The Hall–Kier alpha value is -0.400. The van der Waals surface area contributed by atoms with Crippen molar-refractivity contribution in [3.63, 3.8) is 0 Å². The van der Waals surface area contributed by atoms with Gasteiger partial charge >= 0.3 is 0 Å². The number of nitrogens with zero attached hydrogens (tertiary/aromatic N) is 2. The van der Waals surface area contributed by atoms with Crippen LogP contribution in [0.1, 0.15) is 38.4 Å². The van der Waals surface area contributed by atoms with Crippen LogP contribution in [0.25, 0.3) is 0 Å². The van der Waals surface area contributed by atoms with Crippen LogP contribution in [0.3, 0.4) is 0 Å². The number of hydrogen-bond acceptors (Lipinski definition) is 3. The van der Waals surface area contributed by atoms with Gasteiger partial charge in [-0.3, -0.25) is 0 Å². The van der Waals surface area contributed by atoms with E-state index in [1.54, 1.807) is 6.20 Å². The number of sulfonamides is 1. The van der Waals surface area contributed by atoms with Crippen molar-refractivity contribution in [2.45, 2.75) is 51.1 Å². The van der Waals surface area contributed by atoms with Gasteiger partial charge in [-0.05, 0) is 26.2 Å². The fraction of sp³-hybridized carbons (Fsp3) is 0.750. The maximum absolute atomic E-state index is 12.0. The van der Waals surface area contributed by atoms with Crippen LogP contribution in [0.5, 0.6) is 0 Å². The second-order valence-corrected chi connectivity index (χ2v) is 6.97. The third-order valence-corrected chi connectivity index (χ3v) is 4.69. The molecule has 1 heterocycles. The van der Waals surface area contributed by atoms with Gasteiger partial charge in [0.25, 0.3) is 10.0 Å². The molecule has 0 bridgehead atoms. The molecule has 0 unspecified atom stereocenters. The molecule has 0 atom stereocenters. The first kappa shape index (κ1) is 16.7. The summed E-state index contributed by atoms with van der Waals surface area (Å²) in [6.07, 6.45) is 5.48. The summed E-state index contributed by atoms with van der Waals surface area (Å²) in [5.41, 5.74) is 0. The SMILES string of the molecule is CCCn1cc(S(=O)(=O)NCCCCCBr)nc1C. The van der Waals surface area contributed by atoms with E-state index in [1.165, 1.54) is 0 Å². The number of halogens is 1. The second kappa shape index (κ2) is 8.01. The molecule has 1 aromatic heterocycles. The summed E-state index contributed by atoms with van der Waals surface area (Å²) in [4.78, 5) is 4.12. The van der Waals surface area contributed by atoms with Gasteiger partial charge in [0.2, 0.25) is 0 Å². The third-order valence-electron chi connectivity index (χ3n) is 2.80. The molecule has 0 aliphatic heterocycles. The zero-order chi connectivity index (χ0) is 14.3. The lowest BCUT2D eigenvalue weighted by molar-refractivity contribution is 0.572. The Balaban J connectivity index is 2.59. The minimum Gasteiger partial charge on any atom is -0.334 e. The van der Waals surface area contributed by atoms with Crippen molar-refractivity contribution in [3.8, 4) is 0 Å². The Bertz CT molecular complexity index is 485. The number of rotatable bonds is 9. The maximum Gasteiger partial charge on any atom is 0.259 e. The quantitative estimate of drug-likeness (QED) is 0.548. The predicted octanol–water partition coefficient (Wildman–Crippen LogP) is 2.45. The third kappa shape index (κ3) is 5.24. The molecule has 7 heteroatoms. The summed E-state index contributed by atoms with van der Waals surface area (Å²) >= 11 is 3.35. The van der Waals surface area contributed by atoms with Crippen LogP contribution in [0, 0.1) is 6.92 Å². The number of alkyl halides is 1. The summed E-state index contributed by atoms with van der Waals surface area (Å²) in [5.74, 6) is 0.738. The van der Waals surface area contributed by atoms with Gasteiger partial charge in [-0.25, -0.2) is 18.1 Å². The highest BCUT2D eigenvalue weighted by Crippen LogP contribution is 2.10. The van der Waals surface area contributed by atoms with Crippen LogP contribution < -0.4 is 4.72 Å². The van der Waals surface area contributed by atoms with Crippen LogP contribution in [0.4, 0.5) is 0 Å². The molecular formula is C12H22BrN3O2S. The van der Waals surface area contributed by atoms with Crippen LogP contribution in [0.15, 0.2) is 11.2 Å². The lowest BCUT2D eigenvalue weighted by Crippen LogP contribution is -2.25. The first-order chi connectivity index (χ1) is 9.01. The van der Waals surface area contributed by atoms with Crippen molar-refractivity contribution in [2.24, 2.45) is 0 Å². The van der Waals surface area contributed by atoms with Gasteiger partial charge in [0, 0.05) is 24.6 Å². The monoisotopic (exact) mass is 351 g/mol. The minimum atomic E-state index is -3.46. The highest BCUT2D eigenvalue weighted by Gasteiger charge is 2.18. The molecule has 1 rings (SSSR count). The molecule has 0 spiro atoms. The Kier molecular flexibility index (Phi) is 7.02. The Labute approximate surface area is 124 Å². The topological polar surface area (TPSA) is 64.0 Å². The molecule has 5 nitrogen and oxygen atoms in total. The van der Waals surface area contributed by atoms with Crippen LogP contribution in [0.2, 0.25) is 0 Å². The van der Waals surface area contributed by atoms with Gasteiger partial charge in [0.1, 0.15) is 5.82 Å². The van der Waals surface area contributed by atoms with E-state index in [2.05, 4.69) is 32.6 Å². The van der Waals surface area contributed by atoms with E-state index in [9.17, 15) is 8.42 Å². The van der Waals surface area contributed by atoms with Gasteiger partial charge in [-0.15, -0.1) is 0 Å². The second-order valence-electron chi connectivity index (χ2n) is 4.47. The zero-order valence-corrected chi connectivity index (χ0v) is 13.9. The van der Waals surface area contributed by atoms with Crippen LogP contribution in [-0.2, 0) is 16.6 Å².